The third-order valence-corrected chi connectivity index (χ3v) is 5.41. The van der Waals surface area contributed by atoms with Crippen LogP contribution in [0.15, 0.2) is 94.4 Å². The van der Waals surface area contributed by atoms with Crippen molar-refractivity contribution < 1.29 is 65.3 Å². The molecule has 6 rings (SSSR count). The first-order valence-corrected chi connectivity index (χ1v) is 10.5. The fraction of sp³-hybridized carbons (Fsp3) is 0. The zero-order valence-corrected chi connectivity index (χ0v) is 21.5. The number of nitrogens with zero attached hydrogens (tertiary/aromatic N) is 2. The molecular formula is C27H22ClCuN2O8+. The molecule has 10 nitrogen and oxygen atoms in total. The van der Waals surface area contributed by atoms with E-state index in [-0.39, 0.29) is 68.7 Å². The molecule has 0 spiro atoms. The van der Waals surface area contributed by atoms with E-state index in [1.165, 1.54) is 30.3 Å². The molecule has 0 aliphatic rings. The van der Waals surface area contributed by atoms with Crippen LogP contribution in [0.25, 0.3) is 44.1 Å². The van der Waals surface area contributed by atoms with E-state index in [2.05, 4.69) is 34.2 Å². The van der Waals surface area contributed by atoms with Gasteiger partial charge >= 0.3 is 17.1 Å². The summed E-state index contributed by atoms with van der Waals surface area (Å²) < 4.78 is 5.41. The maximum absolute atomic E-state index is 12.1. The van der Waals surface area contributed by atoms with Gasteiger partial charge in [0.05, 0.1) is 11.0 Å². The van der Waals surface area contributed by atoms with Crippen molar-refractivity contribution in [3.63, 3.8) is 0 Å². The van der Waals surface area contributed by atoms with Crippen LogP contribution in [0, 0.1) is 0 Å². The number of halogens is 1. The summed E-state index contributed by atoms with van der Waals surface area (Å²) in [5.74, 6) is -1.50. The molecule has 0 amide bonds. The fourth-order valence-electron chi connectivity index (χ4n) is 3.76. The van der Waals surface area contributed by atoms with Crippen LogP contribution in [0.5, 0.6) is 23.0 Å². The second-order valence-corrected chi connectivity index (χ2v) is 7.71. The maximum atomic E-state index is 12.1. The minimum Gasteiger partial charge on any atom is -1.00 e. The van der Waals surface area contributed by atoms with E-state index in [9.17, 15) is 25.2 Å². The zero-order chi connectivity index (χ0) is 24.5. The monoisotopic (exact) mass is 600 g/mol. The third-order valence-electron chi connectivity index (χ3n) is 5.41. The summed E-state index contributed by atoms with van der Waals surface area (Å²) in [5, 5.41) is 40.4. The van der Waals surface area contributed by atoms with Crippen LogP contribution < -0.4 is 17.8 Å². The van der Waals surface area contributed by atoms with Gasteiger partial charge in [0.25, 0.3) is 0 Å². The zero-order valence-electron chi connectivity index (χ0n) is 19.8. The van der Waals surface area contributed by atoms with Gasteiger partial charge in [-0.15, -0.1) is 0 Å². The SMILES string of the molecule is O.O.O=c1c(O)c(-c2ccc(O)cc2)oc2cc(O)cc(O)c12.[Cl-].[Cu+2].c1cnc2c(c1)ccc1cccnc12. The number of rotatable bonds is 1. The summed E-state index contributed by atoms with van der Waals surface area (Å²) in [5.41, 5.74) is 1.46. The Morgan fingerprint density at radius 1 is 0.692 bits per heavy atom. The number of fused-ring (bicyclic) bond motifs is 4. The molecule has 0 unspecified atom stereocenters. The molecule has 205 valence electrons. The van der Waals surface area contributed by atoms with E-state index in [0.29, 0.717) is 5.56 Å². The molecule has 0 aliphatic heterocycles. The number of phenols is 3. The standard InChI is InChI=1S/C15H10O6.C12H8N2.ClH.Cu.2H2O/c16-8-3-1-7(2-4-8)15-14(20)13(19)12-10(18)5-9(17)6-11(12)21-15;1-3-9-5-6-10-4-2-8-14-12(10)11(9)13-7-1;;;;/h1-6,16-18,20H;1-8H;1H;;2*1H2/q;;;+2;;/p-1. The molecule has 12 heteroatoms. The van der Waals surface area contributed by atoms with E-state index < -0.39 is 16.9 Å². The number of benzene rings is 3. The summed E-state index contributed by atoms with van der Waals surface area (Å²) >= 11 is 0. The van der Waals surface area contributed by atoms with Gasteiger partial charge in [0.15, 0.2) is 5.76 Å². The van der Waals surface area contributed by atoms with Crippen LogP contribution >= 0.6 is 0 Å². The van der Waals surface area contributed by atoms with E-state index in [1.807, 2.05) is 12.1 Å². The van der Waals surface area contributed by atoms with Crippen LogP contribution in [-0.2, 0) is 17.1 Å². The fourth-order valence-corrected chi connectivity index (χ4v) is 3.76. The Balaban J connectivity index is 0.000000374. The van der Waals surface area contributed by atoms with Crippen molar-refractivity contribution in [2.45, 2.75) is 0 Å². The number of aromatic nitrogens is 2. The molecule has 6 aromatic rings. The van der Waals surface area contributed by atoms with E-state index in [1.54, 1.807) is 12.4 Å². The first-order valence-electron chi connectivity index (χ1n) is 10.5. The molecule has 8 N–H and O–H groups in total. The van der Waals surface area contributed by atoms with Crippen LogP contribution in [0.1, 0.15) is 0 Å². The molecule has 0 atom stereocenters. The van der Waals surface area contributed by atoms with Gasteiger partial charge in [-0.1, -0.05) is 24.3 Å². The van der Waals surface area contributed by atoms with Crippen LogP contribution in [0.4, 0.5) is 0 Å². The number of pyridine rings is 2. The Labute approximate surface area is 237 Å². The Hall–Kier alpha value is -4.38. The number of phenolic OH excluding ortho intramolecular Hbond substituents is 3. The van der Waals surface area contributed by atoms with Crippen molar-refractivity contribution >= 4 is 32.8 Å². The molecule has 39 heavy (non-hydrogen) atoms. The minimum atomic E-state index is -0.808. The van der Waals surface area contributed by atoms with Crippen molar-refractivity contribution in [1.82, 2.24) is 9.97 Å². The van der Waals surface area contributed by atoms with Crippen molar-refractivity contribution in [2.24, 2.45) is 0 Å². The summed E-state index contributed by atoms with van der Waals surface area (Å²) in [6, 6.07) is 20.0. The third kappa shape index (κ3) is 6.37. The van der Waals surface area contributed by atoms with E-state index in [0.717, 1.165) is 27.9 Å². The van der Waals surface area contributed by atoms with Crippen molar-refractivity contribution in [3.8, 4) is 34.3 Å². The van der Waals surface area contributed by atoms with Gasteiger partial charge in [0.1, 0.15) is 28.2 Å². The Kier molecular flexibility index (Phi) is 11.2. The van der Waals surface area contributed by atoms with Gasteiger partial charge in [0, 0.05) is 40.9 Å². The van der Waals surface area contributed by atoms with E-state index >= 15 is 0 Å². The predicted octanol–water partition coefficient (Wildman–Crippen LogP) is 0.418. The van der Waals surface area contributed by atoms with Crippen LogP contribution in [0.2, 0.25) is 0 Å². The van der Waals surface area contributed by atoms with Crippen molar-refractivity contribution in [1.29, 1.82) is 0 Å². The first kappa shape index (κ1) is 32.6. The quantitative estimate of drug-likeness (QED) is 0.153. The second kappa shape index (κ2) is 13.4. The summed E-state index contributed by atoms with van der Waals surface area (Å²) in [6.07, 6.45) is 3.60. The molecular weight excluding hydrogens is 579 g/mol. The molecule has 0 saturated heterocycles. The average molecular weight is 601 g/mol. The first-order chi connectivity index (χ1) is 16.9. The average Bonchev–Trinajstić information content (AvgIpc) is 2.87. The summed E-state index contributed by atoms with van der Waals surface area (Å²) in [6.45, 7) is 0. The van der Waals surface area contributed by atoms with Gasteiger partial charge < -0.3 is 48.2 Å². The molecule has 0 fully saturated rings. The van der Waals surface area contributed by atoms with E-state index in [4.69, 9.17) is 4.42 Å². The van der Waals surface area contributed by atoms with Crippen molar-refractivity contribution in [3.05, 3.63) is 95.4 Å². The predicted molar refractivity (Wildman–Crippen MR) is 139 cm³/mol. The second-order valence-electron chi connectivity index (χ2n) is 7.71. The molecule has 0 bridgehead atoms. The molecule has 0 aliphatic carbocycles. The Morgan fingerprint density at radius 2 is 1.23 bits per heavy atom. The Morgan fingerprint density at radius 3 is 1.77 bits per heavy atom. The smallest absolute Gasteiger partial charge is 1.00 e. The summed E-state index contributed by atoms with van der Waals surface area (Å²) in [4.78, 5) is 20.8. The van der Waals surface area contributed by atoms with Gasteiger partial charge in [0.2, 0.25) is 11.2 Å². The maximum Gasteiger partial charge on any atom is 2.00 e. The largest absolute Gasteiger partial charge is 2.00 e. The molecule has 3 aromatic carbocycles. The van der Waals surface area contributed by atoms with Gasteiger partial charge in [-0.25, -0.2) is 0 Å². The molecule has 3 heterocycles. The van der Waals surface area contributed by atoms with Gasteiger partial charge in [-0.05, 0) is 36.4 Å². The van der Waals surface area contributed by atoms with Crippen LogP contribution in [0.3, 0.4) is 0 Å². The van der Waals surface area contributed by atoms with Crippen LogP contribution in [-0.4, -0.2) is 41.3 Å². The summed E-state index contributed by atoms with van der Waals surface area (Å²) in [7, 11) is 0. The van der Waals surface area contributed by atoms with Crippen molar-refractivity contribution in [2.75, 3.05) is 0 Å². The number of hydrogen-bond acceptors (Lipinski definition) is 8. The van der Waals surface area contributed by atoms with Gasteiger partial charge in [-0.3, -0.25) is 14.8 Å². The Bertz CT molecular complexity index is 1720. The molecule has 3 aromatic heterocycles. The normalized spacial score (nSPS) is 9.74. The topological polar surface area (TPSA) is 200 Å². The van der Waals surface area contributed by atoms with Gasteiger partial charge in [-0.2, -0.15) is 0 Å². The molecule has 1 radical (unpaired) electrons. The number of aromatic hydroxyl groups is 4. The molecule has 0 saturated carbocycles. The number of hydrogen-bond donors (Lipinski definition) is 4. The minimum absolute atomic E-state index is 0.